The molecular formula is C54H34N2. The van der Waals surface area contributed by atoms with Crippen molar-refractivity contribution in [3.8, 4) is 55.9 Å². The van der Waals surface area contributed by atoms with Gasteiger partial charge in [-0.25, -0.2) is 9.97 Å². The molecule has 0 aliphatic heterocycles. The van der Waals surface area contributed by atoms with E-state index >= 15 is 0 Å². The second-order valence-electron chi connectivity index (χ2n) is 14.5. The molecule has 2 heteroatoms. The fourth-order valence-electron chi connectivity index (χ4n) is 8.74. The lowest BCUT2D eigenvalue weighted by Crippen LogP contribution is -1.94. The Bertz CT molecular complexity index is 3260. The first-order valence-electron chi connectivity index (χ1n) is 19.1. The first-order valence-corrected chi connectivity index (χ1v) is 19.1. The van der Waals surface area contributed by atoms with Gasteiger partial charge in [0, 0.05) is 18.0 Å². The molecule has 10 aromatic carbocycles. The zero-order valence-corrected chi connectivity index (χ0v) is 30.5. The van der Waals surface area contributed by atoms with E-state index in [4.69, 9.17) is 9.97 Å². The molecule has 0 aliphatic rings. The fraction of sp³-hybridized carbons (Fsp3) is 0. The number of benzene rings is 10. The highest BCUT2D eigenvalue weighted by Gasteiger charge is 2.19. The van der Waals surface area contributed by atoms with E-state index < -0.39 is 0 Å². The van der Waals surface area contributed by atoms with Crippen LogP contribution in [0.4, 0.5) is 0 Å². The summed E-state index contributed by atoms with van der Waals surface area (Å²) < 4.78 is 0. The molecule has 0 atom stereocenters. The maximum Gasteiger partial charge on any atom is 0.160 e. The number of rotatable bonds is 5. The second-order valence-corrected chi connectivity index (χ2v) is 14.5. The van der Waals surface area contributed by atoms with E-state index in [9.17, 15) is 0 Å². The van der Waals surface area contributed by atoms with Crippen molar-refractivity contribution in [3.63, 3.8) is 0 Å². The number of aromatic nitrogens is 2. The summed E-state index contributed by atoms with van der Waals surface area (Å²) in [6.07, 6.45) is 3.66. The average molecular weight is 711 g/mol. The van der Waals surface area contributed by atoms with Gasteiger partial charge in [0.25, 0.3) is 0 Å². The van der Waals surface area contributed by atoms with Crippen molar-refractivity contribution in [2.75, 3.05) is 0 Å². The van der Waals surface area contributed by atoms with Crippen LogP contribution in [0.15, 0.2) is 207 Å². The Morgan fingerprint density at radius 1 is 0.250 bits per heavy atom. The van der Waals surface area contributed by atoms with Crippen LogP contribution in [0, 0.1) is 0 Å². The first kappa shape index (κ1) is 32.0. The molecule has 0 saturated carbocycles. The summed E-state index contributed by atoms with van der Waals surface area (Å²) in [7, 11) is 0. The zero-order chi connectivity index (χ0) is 37.0. The number of fused-ring (bicyclic) bond motifs is 7. The fourth-order valence-corrected chi connectivity index (χ4v) is 8.74. The first-order chi connectivity index (χ1) is 27.8. The molecule has 0 N–H and O–H groups in total. The van der Waals surface area contributed by atoms with Crippen molar-refractivity contribution in [1.82, 2.24) is 9.97 Å². The van der Waals surface area contributed by atoms with Crippen LogP contribution in [-0.2, 0) is 0 Å². The van der Waals surface area contributed by atoms with Crippen LogP contribution < -0.4 is 0 Å². The lowest BCUT2D eigenvalue weighted by atomic mass is 9.86. The number of hydrogen-bond donors (Lipinski definition) is 0. The van der Waals surface area contributed by atoms with E-state index in [0.717, 1.165) is 22.2 Å². The minimum absolute atomic E-state index is 0.731. The summed E-state index contributed by atoms with van der Waals surface area (Å²) in [5.74, 6) is 0.731. The van der Waals surface area contributed by atoms with Gasteiger partial charge in [0.1, 0.15) is 0 Å². The Kier molecular flexibility index (Phi) is 7.53. The molecule has 1 heterocycles. The van der Waals surface area contributed by atoms with Gasteiger partial charge in [0.2, 0.25) is 0 Å². The normalized spacial score (nSPS) is 11.6. The van der Waals surface area contributed by atoms with Gasteiger partial charge < -0.3 is 0 Å². The maximum atomic E-state index is 4.75. The lowest BCUT2D eigenvalue weighted by molar-refractivity contribution is 1.18. The molecule has 1 aromatic heterocycles. The molecule has 0 spiro atoms. The van der Waals surface area contributed by atoms with Gasteiger partial charge in [0.15, 0.2) is 5.82 Å². The van der Waals surface area contributed by atoms with E-state index in [1.165, 1.54) is 87.6 Å². The lowest BCUT2D eigenvalue weighted by Gasteiger charge is -2.18. The van der Waals surface area contributed by atoms with Gasteiger partial charge in [-0.05, 0) is 117 Å². The molecule has 56 heavy (non-hydrogen) atoms. The van der Waals surface area contributed by atoms with Gasteiger partial charge in [0.05, 0.1) is 0 Å². The Morgan fingerprint density at radius 3 is 1.48 bits per heavy atom. The van der Waals surface area contributed by atoms with Crippen LogP contribution in [0.1, 0.15) is 0 Å². The summed E-state index contributed by atoms with van der Waals surface area (Å²) in [4.78, 5) is 9.51. The highest BCUT2D eigenvalue weighted by atomic mass is 14.9. The summed E-state index contributed by atoms with van der Waals surface area (Å²) in [6.45, 7) is 0. The Balaban J connectivity index is 1.02. The van der Waals surface area contributed by atoms with Crippen molar-refractivity contribution < 1.29 is 0 Å². The van der Waals surface area contributed by atoms with Crippen LogP contribution in [0.2, 0.25) is 0 Å². The largest absolute Gasteiger partial charge is 0.237 e. The van der Waals surface area contributed by atoms with Crippen LogP contribution in [0.25, 0.3) is 110 Å². The molecule has 260 valence electrons. The summed E-state index contributed by atoms with van der Waals surface area (Å²) >= 11 is 0. The molecular weight excluding hydrogens is 677 g/mol. The Hall–Kier alpha value is -7.42. The maximum absolute atomic E-state index is 4.75. The minimum Gasteiger partial charge on any atom is -0.237 e. The van der Waals surface area contributed by atoms with Crippen LogP contribution in [-0.4, -0.2) is 9.97 Å². The van der Waals surface area contributed by atoms with Crippen molar-refractivity contribution >= 4 is 53.9 Å². The monoisotopic (exact) mass is 710 g/mol. The molecule has 0 radical (unpaired) electrons. The summed E-state index contributed by atoms with van der Waals surface area (Å²) in [5, 5.41) is 12.3. The molecule has 11 aromatic rings. The molecule has 2 nitrogen and oxygen atoms in total. The van der Waals surface area contributed by atoms with Crippen LogP contribution in [0.3, 0.4) is 0 Å². The van der Waals surface area contributed by atoms with E-state index in [-0.39, 0.29) is 0 Å². The predicted octanol–water partition coefficient (Wildman–Crippen LogP) is 14.6. The zero-order valence-electron chi connectivity index (χ0n) is 30.5. The van der Waals surface area contributed by atoms with Gasteiger partial charge in [-0.15, -0.1) is 0 Å². The van der Waals surface area contributed by atoms with Gasteiger partial charge in [-0.3, -0.25) is 0 Å². The summed E-state index contributed by atoms with van der Waals surface area (Å²) in [6, 6.07) is 70.5. The van der Waals surface area contributed by atoms with Crippen LogP contribution in [0.5, 0.6) is 0 Å². The molecule has 0 bridgehead atoms. The third-order valence-electron chi connectivity index (χ3n) is 11.4. The topological polar surface area (TPSA) is 25.8 Å². The smallest absolute Gasteiger partial charge is 0.160 e. The molecule has 0 amide bonds. The van der Waals surface area contributed by atoms with Gasteiger partial charge >= 0.3 is 0 Å². The summed E-state index contributed by atoms with van der Waals surface area (Å²) in [5.41, 5.74) is 10.6. The van der Waals surface area contributed by atoms with E-state index in [2.05, 4.69) is 188 Å². The second kappa shape index (κ2) is 13.2. The molecule has 0 aliphatic carbocycles. The van der Waals surface area contributed by atoms with E-state index in [1.54, 1.807) is 0 Å². The number of nitrogens with zero attached hydrogens (tertiary/aromatic N) is 2. The average Bonchev–Trinajstić information content (AvgIpc) is 3.28. The Morgan fingerprint density at radius 2 is 0.750 bits per heavy atom. The van der Waals surface area contributed by atoms with Gasteiger partial charge in [-0.2, -0.15) is 0 Å². The molecule has 0 fully saturated rings. The highest BCUT2D eigenvalue weighted by molar-refractivity contribution is 6.22. The third-order valence-corrected chi connectivity index (χ3v) is 11.4. The highest BCUT2D eigenvalue weighted by Crippen LogP contribution is 2.45. The van der Waals surface area contributed by atoms with Crippen molar-refractivity contribution in [3.05, 3.63) is 207 Å². The Labute approximate surface area is 325 Å². The van der Waals surface area contributed by atoms with Crippen molar-refractivity contribution in [1.29, 1.82) is 0 Å². The van der Waals surface area contributed by atoms with E-state index in [0.29, 0.717) is 0 Å². The SMILES string of the molecule is c1ccc(-c2ccc3c(-c4ccc(-c5ccc(-c6cc7c8ccccc8ccc7c7ccccc67)cc5)cc4)c4ccccc4c(-c4ncccn4)c3c2)cc1. The third kappa shape index (κ3) is 5.26. The minimum atomic E-state index is 0.731. The van der Waals surface area contributed by atoms with Gasteiger partial charge in [-0.1, -0.05) is 176 Å². The molecule has 0 unspecified atom stereocenters. The predicted molar refractivity (Wildman–Crippen MR) is 237 cm³/mol. The van der Waals surface area contributed by atoms with Crippen molar-refractivity contribution in [2.45, 2.75) is 0 Å². The van der Waals surface area contributed by atoms with E-state index in [1.807, 2.05) is 18.5 Å². The van der Waals surface area contributed by atoms with Crippen LogP contribution >= 0.6 is 0 Å². The van der Waals surface area contributed by atoms with Crippen molar-refractivity contribution in [2.24, 2.45) is 0 Å². The standard InChI is InChI=1S/C54H34N2/c1-2-11-35(12-3-1)41-28-30-48-51(33-41)53(54-55-31-10-32-56-54)47-18-9-8-17-46(47)52(48)40-25-21-37(22-26-40)36-19-23-39(24-20-36)49-34-50-42-14-5-4-13-38(42)27-29-45(50)43-15-6-7-16-44(43)49/h1-34H. The molecule has 11 rings (SSSR count). The quantitative estimate of drug-likeness (QED) is 0.131. The number of hydrogen-bond acceptors (Lipinski definition) is 2. The molecule has 0 saturated heterocycles.